The van der Waals surface area contributed by atoms with Gasteiger partial charge in [0.2, 0.25) is 0 Å². The number of rotatable bonds is 5. The van der Waals surface area contributed by atoms with Crippen molar-refractivity contribution >= 4 is 5.78 Å². The first-order chi connectivity index (χ1) is 9.22. The lowest BCUT2D eigenvalue weighted by Gasteiger charge is -2.09. The second-order valence-corrected chi connectivity index (χ2v) is 4.70. The first-order valence-electron chi connectivity index (χ1n) is 6.67. The molecule has 0 bridgehead atoms. The van der Waals surface area contributed by atoms with Crippen LogP contribution >= 0.6 is 0 Å². The maximum absolute atomic E-state index is 12.1. The quantitative estimate of drug-likeness (QED) is 0.826. The topological polar surface area (TPSA) is 43.1 Å². The molecule has 2 N–H and O–H groups in total. The molecule has 2 nitrogen and oxygen atoms in total. The van der Waals surface area contributed by atoms with Crippen LogP contribution < -0.4 is 5.73 Å². The molecule has 0 saturated carbocycles. The van der Waals surface area contributed by atoms with E-state index in [1.54, 1.807) is 0 Å². The number of carbonyl (C=O) groups excluding carboxylic acids is 1. The summed E-state index contributed by atoms with van der Waals surface area (Å²) in [5.74, 6) is 0.0291. The lowest BCUT2D eigenvalue weighted by atomic mass is 9.98. The lowest BCUT2D eigenvalue weighted by molar-refractivity contribution is 0.0957. The summed E-state index contributed by atoms with van der Waals surface area (Å²) in [4.78, 5) is 12.1. The number of ketones is 1. The molecule has 0 heterocycles. The highest BCUT2D eigenvalue weighted by Crippen LogP contribution is 2.19. The van der Waals surface area contributed by atoms with E-state index in [9.17, 15) is 4.79 Å². The Morgan fingerprint density at radius 1 is 1.00 bits per heavy atom. The molecule has 2 heteroatoms. The van der Waals surface area contributed by atoms with Crippen LogP contribution in [0.1, 0.15) is 30.1 Å². The number of hydrogen-bond acceptors (Lipinski definition) is 2. The Balaban J connectivity index is 2.17. The fraction of sp³-hybridized carbons (Fsp3) is 0.235. The van der Waals surface area contributed by atoms with Crippen LogP contribution in [0.5, 0.6) is 0 Å². The third-order valence-corrected chi connectivity index (χ3v) is 3.21. The van der Waals surface area contributed by atoms with Crippen LogP contribution in [0.3, 0.4) is 0 Å². The van der Waals surface area contributed by atoms with Crippen molar-refractivity contribution in [2.24, 2.45) is 5.73 Å². The highest BCUT2D eigenvalue weighted by molar-refractivity contribution is 6.00. The normalized spacial score (nSPS) is 12.1. The number of hydrogen-bond donors (Lipinski definition) is 1. The summed E-state index contributed by atoms with van der Waals surface area (Å²) in [5.41, 5.74) is 8.82. The summed E-state index contributed by atoms with van der Waals surface area (Å²) in [7, 11) is 0. The van der Waals surface area contributed by atoms with Crippen LogP contribution in [0.25, 0.3) is 11.1 Å². The molecule has 2 aromatic carbocycles. The average molecular weight is 253 g/mol. The molecule has 0 aliphatic carbocycles. The van der Waals surface area contributed by atoms with Gasteiger partial charge in [-0.3, -0.25) is 4.79 Å². The Morgan fingerprint density at radius 2 is 1.58 bits per heavy atom. The molecule has 2 rings (SSSR count). The van der Waals surface area contributed by atoms with Crippen molar-refractivity contribution in [3.05, 3.63) is 60.2 Å². The van der Waals surface area contributed by atoms with Crippen LogP contribution in [0.4, 0.5) is 0 Å². The second kappa shape index (κ2) is 6.30. The Labute approximate surface area is 114 Å². The zero-order valence-corrected chi connectivity index (χ0v) is 11.2. The molecule has 98 valence electrons. The van der Waals surface area contributed by atoms with Crippen molar-refractivity contribution in [3.63, 3.8) is 0 Å². The van der Waals surface area contributed by atoms with Crippen molar-refractivity contribution in [1.82, 2.24) is 0 Å². The summed E-state index contributed by atoms with van der Waals surface area (Å²) >= 11 is 0. The van der Waals surface area contributed by atoms with Gasteiger partial charge >= 0.3 is 0 Å². The van der Waals surface area contributed by atoms with Gasteiger partial charge in [-0.2, -0.15) is 0 Å². The van der Waals surface area contributed by atoms with E-state index < -0.39 is 0 Å². The van der Waals surface area contributed by atoms with Gasteiger partial charge in [-0.15, -0.1) is 0 Å². The minimum Gasteiger partial charge on any atom is -0.321 e. The van der Waals surface area contributed by atoms with Crippen LogP contribution in [0, 0.1) is 0 Å². The molecule has 0 amide bonds. The number of nitrogens with two attached hydrogens (primary N) is 1. The van der Waals surface area contributed by atoms with Crippen molar-refractivity contribution in [3.8, 4) is 11.1 Å². The van der Waals surface area contributed by atoms with Gasteiger partial charge in [0, 0.05) is 5.56 Å². The van der Waals surface area contributed by atoms with E-state index in [-0.39, 0.29) is 11.8 Å². The van der Waals surface area contributed by atoms with Gasteiger partial charge in [-0.05, 0) is 17.5 Å². The van der Waals surface area contributed by atoms with E-state index in [1.165, 1.54) is 0 Å². The largest absolute Gasteiger partial charge is 0.321 e. The smallest absolute Gasteiger partial charge is 0.179 e. The maximum atomic E-state index is 12.1. The fourth-order valence-corrected chi connectivity index (χ4v) is 2.11. The molecule has 0 fully saturated rings. The molecular weight excluding hydrogens is 234 g/mol. The van der Waals surface area contributed by atoms with E-state index in [0.29, 0.717) is 5.56 Å². The van der Waals surface area contributed by atoms with Crippen LogP contribution in [-0.2, 0) is 0 Å². The Bertz CT molecular complexity index is 531. The predicted molar refractivity (Wildman–Crippen MR) is 79.1 cm³/mol. The summed E-state index contributed by atoms with van der Waals surface area (Å²) < 4.78 is 0. The predicted octanol–water partition coefficient (Wildman–Crippen LogP) is 3.66. The van der Waals surface area contributed by atoms with Crippen molar-refractivity contribution in [2.75, 3.05) is 0 Å². The third-order valence-electron chi connectivity index (χ3n) is 3.21. The molecule has 19 heavy (non-hydrogen) atoms. The summed E-state index contributed by atoms with van der Waals surface area (Å²) in [5, 5.41) is 0. The summed E-state index contributed by atoms with van der Waals surface area (Å²) in [6.45, 7) is 2.03. The Kier molecular flexibility index (Phi) is 4.48. The number of benzene rings is 2. The van der Waals surface area contributed by atoms with E-state index in [0.717, 1.165) is 24.0 Å². The van der Waals surface area contributed by atoms with Gasteiger partial charge in [-0.1, -0.05) is 67.9 Å². The number of carbonyl (C=O) groups is 1. The minimum absolute atomic E-state index is 0.0291. The van der Waals surface area contributed by atoms with Gasteiger partial charge in [-0.25, -0.2) is 0 Å². The SMILES string of the molecule is CCCC(N)C(=O)c1ccc(-c2ccccc2)cc1. The van der Waals surface area contributed by atoms with Crippen molar-refractivity contribution in [2.45, 2.75) is 25.8 Å². The zero-order chi connectivity index (χ0) is 13.7. The van der Waals surface area contributed by atoms with E-state index in [4.69, 9.17) is 5.73 Å². The van der Waals surface area contributed by atoms with Crippen molar-refractivity contribution < 1.29 is 4.79 Å². The first kappa shape index (κ1) is 13.5. The summed E-state index contributed by atoms with van der Waals surface area (Å²) in [6.07, 6.45) is 1.66. The van der Waals surface area contributed by atoms with Gasteiger partial charge < -0.3 is 5.73 Å². The molecule has 0 aromatic heterocycles. The van der Waals surface area contributed by atoms with Gasteiger partial charge in [0.05, 0.1) is 6.04 Å². The standard InChI is InChI=1S/C17H19NO/c1-2-6-16(18)17(19)15-11-9-14(10-12-15)13-7-4-3-5-8-13/h3-5,7-12,16H,2,6,18H2,1H3. The molecule has 0 aliphatic heterocycles. The Morgan fingerprint density at radius 3 is 2.16 bits per heavy atom. The van der Waals surface area contributed by atoms with Gasteiger partial charge in [0.15, 0.2) is 5.78 Å². The second-order valence-electron chi connectivity index (χ2n) is 4.70. The molecule has 0 saturated heterocycles. The van der Waals surface area contributed by atoms with Crippen LogP contribution in [-0.4, -0.2) is 11.8 Å². The summed E-state index contributed by atoms with van der Waals surface area (Å²) in [6, 6.07) is 17.4. The molecular formula is C17H19NO. The monoisotopic (exact) mass is 253 g/mol. The fourth-order valence-electron chi connectivity index (χ4n) is 2.11. The average Bonchev–Trinajstić information content (AvgIpc) is 2.48. The highest BCUT2D eigenvalue weighted by atomic mass is 16.1. The maximum Gasteiger partial charge on any atom is 0.179 e. The van der Waals surface area contributed by atoms with E-state index in [1.807, 2.05) is 49.4 Å². The molecule has 1 atom stereocenters. The third kappa shape index (κ3) is 3.30. The van der Waals surface area contributed by atoms with Crippen molar-refractivity contribution in [1.29, 1.82) is 0 Å². The number of Topliss-reactive ketones (excluding diaryl/α,β-unsaturated/α-hetero) is 1. The molecule has 0 spiro atoms. The van der Waals surface area contributed by atoms with E-state index >= 15 is 0 Å². The molecule has 0 radical (unpaired) electrons. The van der Waals surface area contributed by atoms with E-state index in [2.05, 4.69) is 12.1 Å². The minimum atomic E-state index is -0.382. The molecule has 1 unspecified atom stereocenters. The molecule has 2 aromatic rings. The van der Waals surface area contributed by atoms with Gasteiger partial charge in [0.25, 0.3) is 0 Å². The van der Waals surface area contributed by atoms with Gasteiger partial charge in [0.1, 0.15) is 0 Å². The van der Waals surface area contributed by atoms with Crippen LogP contribution in [0.2, 0.25) is 0 Å². The zero-order valence-electron chi connectivity index (χ0n) is 11.2. The van der Waals surface area contributed by atoms with Crippen LogP contribution in [0.15, 0.2) is 54.6 Å². The highest BCUT2D eigenvalue weighted by Gasteiger charge is 2.14. The molecule has 0 aliphatic rings. The lowest BCUT2D eigenvalue weighted by Crippen LogP contribution is -2.30. The first-order valence-corrected chi connectivity index (χ1v) is 6.67. The Hall–Kier alpha value is -1.93.